The third-order valence-corrected chi connectivity index (χ3v) is 5.02. The molecule has 23 heavy (non-hydrogen) atoms. The third-order valence-electron chi connectivity index (χ3n) is 5.02. The lowest BCUT2D eigenvalue weighted by Gasteiger charge is -2.36. The van der Waals surface area contributed by atoms with Gasteiger partial charge >= 0.3 is 0 Å². The van der Waals surface area contributed by atoms with Crippen LogP contribution in [0.2, 0.25) is 0 Å². The van der Waals surface area contributed by atoms with Crippen molar-refractivity contribution in [1.29, 1.82) is 0 Å². The largest absolute Gasteiger partial charge is 0.351 e. The van der Waals surface area contributed by atoms with Gasteiger partial charge in [-0.05, 0) is 58.8 Å². The molecule has 0 aromatic rings. The zero-order valence-corrected chi connectivity index (χ0v) is 16.2. The first-order valence-corrected chi connectivity index (χ1v) is 8.99. The van der Waals surface area contributed by atoms with Crippen LogP contribution in [0.25, 0.3) is 0 Å². The molecule has 0 aliphatic carbocycles. The third kappa shape index (κ3) is 5.82. The Kier molecular flexibility index (Phi) is 6.28. The summed E-state index contributed by atoms with van der Waals surface area (Å²) in [5.74, 6) is 1.87. The summed E-state index contributed by atoms with van der Waals surface area (Å²) in [6.45, 7) is 16.8. The highest BCUT2D eigenvalue weighted by Crippen LogP contribution is 2.29. The van der Waals surface area contributed by atoms with Crippen molar-refractivity contribution in [1.82, 2.24) is 10.6 Å². The van der Waals surface area contributed by atoms with Gasteiger partial charge in [0.2, 0.25) is 11.8 Å². The van der Waals surface area contributed by atoms with E-state index in [1.165, 1.54) is 0 Å². The fraction of sp³-hybridized carbons (Fsp3) is 0.895. The second-order valence-corrected chi connectivity index (χ2v) is 9.19. The molecule has 4 heteroatoms. The van der Waals surface area contributed by atoms with E-state index in [2.05, 4.69) is 66.0 Å². The molecular formula is C19H36N2O2. The van der Waals surface area contributed by atoms with Gasteiger partial charge in [-0.25, -0.2) is 0 Å². The molecule has 4 nitrogen and oxygen atoms in total. The number of piperidine rings is 1. The van der Waals surface area contributed by atoms with Crippen LogP contribution in [0.5, 0.6) is 0 Å². The van der Waals surface area contributed by atoms with Gasteiger partial charge in [-0.15, -0.1) is 0 Å². The van der Waals surface area contributed by atoms with Crippen LogP contribution in [0.15, 0.2) is 0 Å². The molecule has 2 aliphatic rings. The zero-order chi connectivity index (χ0) is 18.0. The molecule has 2 rings (SSSR count). The first-order valence-electron chi connectivity index (χ1n) is 8.99. The highest BCUT2D eigenvalue weighted by atomic mass is 16.2. The summed E-state index contributed by atoms with van der Waals surface area (Å²) in [7, 11) is 0. The predicted molar refractivity (Wildman–Crippen MR) is 95.0 cm³/mol. The molecule has 0 radical (unpaired) electrons. The SMILES string of the molecule is CC(C)C1CC(C)(C)NC1=O.CC(C)C1CCC(C)(C)NC1=O. The number of carbonyl (C=O) groups is 2. The Balaban J connectivity index is 0.000000231. The molecule has 0 aromatic heterocycles. The first-order chi connectivity index (χ1) is 10.3. The van der Waals surface area contributed by atoms with E-state index in [0.29, 0.717) is 11.8 Å². The van der Waals surface area contributed by atoms with Gasteiger partial charge in [0.05, 0.1) is 0 Å². The topological polar surface area (TPSA) is 58.2 Å². The van der Waals surface area contributed by atoms with Crippen LogP contribution in [0.4, 0.5) is 0 Å². The van der Waals surface area contributed by atoms with E-state index in [4.69, 9.17) is 0 Å². The Hall–Kier alpha value is -1.06. The maximum Gasteiger partial charge on any atom is 0.223 e. The Bertz CT molecular complexity index is 439. The summed E-state index contributed by atoms with van der Waals surface area (Å²) < 4.78 is 0. The fourth-order valence-corrected chi connectivity index (χ4v) is 3.43. The quantitative estimate of drug-likeness (QED) is 0.816. The smallest absolute Gasteiger partial charge is 0.223 e. The van der Waals surface area contributed by atoms with E-state index in [-0.39, 0.29) is 34.7 Å². The molecule has 0 saturated carbocycles. The van der Waals surface area contributed by atoms with Crippen LogP contribution in [-0.4, -0.2) is 22.9 Å². The van der Waals surface area contributed by atoms with Crippen molar-refractivity contribution in [3.8, 4) is 0 Å². The molecule has 2 aliphatic heterocycles. The van der Waals surface area contributed by atoms with Crippen LogP contribution in [0, 0.1) is 23.7 Å². The number of hydrogen-bond acceptors (Lipinski definition) is 2. The highest BCUT2D eigenvalue weighted by molar-refractivity contribution is 5.82. The Morgan fingerprint density at radius 2 is 1.26 bits per heavy atom. The van der Waals surface area contributed by atoms with Gasteiger partial charge in [-0.3, -0.25) is 9.59 Å². The van der Waals surface area contributed by atoms with Crippen molar-refractivity contribution in [3.05, 3.63) is 0 Å². The van der Waals surface area contributed by atoms with Gasteiger partial charge in [0, 0.05) is 22.9 Å². The van der Waals surface area contributed by atoms with Gasteiger partial charge in [0.15, 0.2) is 0 Å². The molecule has 2 saturated heterocycles. The normalized spacial score (nSPS) is 29.0. The van der Waals surface area contributed by atoms with E-state index < -0.39 is 0 Å². The van der Waals surface area contributed by atoms with Crippen LogP contribution in [-0.2, 0) is 9.59 Å². The van der Waals surface area contributed by atoms with Crippen molar-refractivity contribution in [2.75, 3.05) is 0 Å². The molecule has 2 N–H and O–H groups in total. The molecule has 2 atom stereocenters. The van der Waals surface area contributed by atoms with Gasteiger partial charge < -0.3 is 10.6 Å². The minimum Gasteiger partial charge on any atom is -0.351 e. The Morgan fingerprint density at radius 1 is 0.826 bits per heavy atom. The molecule has 2 heterocycles. The molecule has 2 unspecified atom stereocenters. The van der Waals surface area contributed by atoms with Crippen molar-refractivity contribution in [2.24, 2.45) is 23.7 Å². The number of amides is 2. The second-order valence-electron chi connectivity index (χ2n) is 9.19. The summed E-state index contributed by atoms with van der Waals surface area (Å²) >= 11 is 0. The molecule has 134 valence electrons. The lowest BCUT2D eigenvalue weighted by atomic mass is 9.81. The van der Waals surface area contributed by atoms with Gasteiger partial charge in [-0.2, -0.15) is 0 Å². The lowest BCUT2D eigenvalue weighted by Crippen LogP contribution is -2.51. The average Bonchev–Trinajstić information content (AvgIpc) is 2.61. The molecule has 2 fully saturated rings. The number of rotatable bonds is 2. The highest BCUT2D eigenvalue weighted by Gasteiger charge is 2.38. The van der Waals surface area contributed by atoms with Gasteiger partial charge in [0.1, 0.15) is 0 Å². The predicted octanol–water partition coefficient (Wildman–Crippen LogP) is 3.50. The van der Waals surface area contributed by atoms with E-state index in [1.807, 2.05) is 0 Å². The second kappa shape index (κ2) is 7.23. The van der Waals surface area contributed by atoms with Crippen LogP contribution >= 0.6 is 0 Å². The Labute approximate surface area is 142 Å². The first kappa shape index (κ1) is 20.0. The summed E-state index contributed by atoms with van der Waals surface area (Å²) in [5.41, 5.74) is 0.0362. The van der Waals surface area contributed by atoms with Crippen molar-refractivity contribution in [3.63, 3.8) is 0 Å². The van der Waals surface area contributed by atoms with Gasteiger partial charge in [0.25, 0.3) is 0 Å². The summed E-state index contributed by atoms with van der Waals surface area (Å²) in [6, 6.07) is 0. The standard InChI is InChI=1S/C10H19NO.C9H17NO/c1-7(2)8-5-6-10(3,4)11-9(8)12;1-6(2)7-5-9(3,4)10-8(7)11/h7-8H,5-6H2,1-4H3,(H,11,12);6-7H,5H2,1-4H3,(H,10,11). The molecule has 0 aromatic carbocycles. The van der Waals surface area contributed by atoms with E-state index >= 15 is 0 Å². The minimum absolute atomic E-state index is 0.0163. The molecule has 0 bridgehead atoms. The Morgan fingerprint density at radius 3 is 1.57 bits per heavy atom. The van der Waals surface area contributed by atoms with Crippen molar-refractivity contribution in [2.45, 2.75) is 85.7 Å². The summed E-state index contributed by atoms with van der Waals surface area (Å²) in [6.07, 6.45) is 3.11. The average molecular weight is 325 g/mol. The van der Waals surface area contributed by atoms with E-state index in [9.17, 15) is 9.59 Å². The van der Waals surface area contributed by atoms with Crippen LogP contribution in [0.3, 0.4) is 0 Å². The fourth-order valence-electron chi connectivity index (χ4n) is 3.43. The molecule has 0 spiro atoms. The van der Waals surface area contributed by atoms with Crippen molar-refractivity contribution >= 4 is 11.8 Å². The van der Waals surface area contributed by atoms with Crippen LogP contribution in [0.1, 0.15) is 74.7 Å². The minimum atomic E-state index is 0.0163. The summed E-state index contributed by atoms with van der Waals surface area (Å²) in [5, 5.41) is 6.03. The monoisotopic (exact) mass is 324 g/mol. The van der Waals surface area contributed by atoms with Crippen LogP contribution < -0.4 is 10.6 Å². The molecule has 2 amide bonds. The zero-order valence-electron chi connectivity index (χ0n) is 16.2. The van der Waals surface area contributed by atoms with E-state index in [0.717, 1.165) is 19.3 Å². The number of nitrogens with one attached hydrogen (secondary N) is 2. The number of hydrogen-bond donors (Lipinski definition) is 2. The molecular weight excluding hydrogens is 288 g/mol. The summed E-state index contributed by atoms with van der Waals surface area (Å²) in [4.78, 5) is 22.9. The van der Waals surface area contributed by atoms with Crippen molar-refractivity contribution < 1.29 is 9.59 Å². The lowest BCUT2D eigenvalue weighted by molar-refractivity contribution is -0.130. The maximum atomic E-state index is 11.5. The number of carbonyl (C=O) groups excluding carboxylic acids is 2. The van der Waals surface area contributed by atoms with Gasteiger partial charge in [-0.1, -0.05) is 27.7 Å². The van der Waals surface area contributed by atoms with E-state index in [1.54, 1.807) is 0 Å². The maximum absolute atomic E-state index is 11.5.